The molecule has 0 aromatic rings. The predicted molar refractivity (Wildman–Crippen MR) is 74.3 cm³/mol. The average Bonchev–Trinajstić information content (AvgIpc) is 2.60. The summed E-state index contributed by atoms with van der Waals surface area (Å²) in [6, 6.07) is 0. The Hall–Kier alpha value is -1.04. The van der Waals surface area contributed by atoms with Gasteiger partial charge in [-0.15, -0.1) is 0 Å². The number of guanidine groups is 1. The van der Waals surface area contributed by atoms with Crippen LogP contribution >= 0.6 is 12.2 Å². The van der Waals surface area contributed by atoms with E-state index in [2.05, 4.69) is 32.5 Å². The minimum absolute atomic E-state index is 0.878. The van der Waals surface area contributed by atoms with E-state index in [9.17, 15) is 0 Å². The van der Waals surface area contributed by atoms with Gasteiger partial charge in [0.2, 0.25) is 0 Å². The molecule has 0 aromatic carbocycles. The van der Waals surface area contributed by atoms with Gasteiger partial charge in [0.25, 0.3) is 0 Å². The molecule has 0 spiro atoms. The van der Waals surface area contributed by atoms with E-state index in [4.69, 9.17) is 12.2 Å². The molecule has 0 atom stereocenters. The second-order valence-corrected chi connectivity index (χ2v) is 4.87. The molecule has 1 fully saturated rings. The lowest BCUT2D eigenvalue weighted by Crippen LogP contribution is -2.43. The molecule has 2 N–H and O–H groups in total. The maximum Gasteiger partial charge on any atom is 0.193 e. The molecular weight excluding hydrogens is 234 g/mol. The molecule has 17 heavy (non-hydrogen) atoms. The van der Waals surface area contributed by atoms with Gasteiger partial charge in [-0.3, -0.25) is 4.99 Å². The van der Waals surface area contributed by atoms with Crippen molar-refractivity contribution >= 4 is 23.3 Å². The van der Waals surface area contributed by atoms with Gasteiger partial charge in [-0.05, 0) is 25.1 Å². The summed E-state index contributed by atoms with van der Waals surface area (Å²) in [5.41, 5.74) is 0. The predicted octanol–water partition coefficient (Wildman–Crippen LogP) is -0.152. The zero-order valence-corrected chi connectivity index (χ0v) is 11.2. The van der Waals surface area contributed by atoms with Crippen molar-refractivity contribution in [2.45, 2.75) is 12.8 Å². The summed E-state index contributed by atoms with van der Waals surface area (Å²) in [6.45, 7) is 5.86. The van der Waals surface area contributed by atoms with Crippen LogP contribution in [0.3, 0.4) is 0 Å². The summed E-state index contributed by atoms with van der Waals surface area (Å²) in [5.74, 6) is 1.03. The van der Waals surface area contributed by atoms with Crippen LogP contribution in [0, 0.1) is 0 Å². The van der Waals surface area contributed by atoms with E-state index >= 15 is 0 Å². The molecule has 1 saturated heterocycles. The van der Waals surface area contributed by atoms with Gasteiger partial charge in [-0.1, -0.05) is 0 Å². The summed E-state index contributed by atoms with van der Waals surface area (Å²) >= 11 is 5.20. The summed E-state index contributed by atoms with van der Waals surface area (Å²) in [7, 11) is 2.10. The molecule has 2 rings (SSSR count). The molecule has 0 amide bonds. The Morgan fingerprint density at radius 3 is 3.06 bits per heavy atom. The normalized spacial score (nSPS) is 21.0. The zero-order valence-electron chi connectivity index (χ0n) is 10.4. The van der Waals surface area contributed by atoms with E-state index in [1.807, 2.05) is 0 Å². The fourth-order valence-electron chi connectivity index (χ4n) is 2.09. The van der Waals surface area contributed by atoms with Crippen LogP contribution < -0.4 is 10.6 Å². The van der Waals surface area contributed by atoms with Gasteiger partial charge in [0.15, 0.2) is 11.1 Å². The summed E-state index contributed by atoms with van der Waals surface area (Å²) in [6.07, 6.45) is 2.42. The smallest absolute Gasteiger partial charge is 0.193 e. The van der Waals surface area contributed by atoms with Gasteiger partial charge in [0, 0.05) is 46.3 Å². The van der Waals surface area contributed by atoms with Crippen LogP contribution in [0.2, 0.25) is 0 Å². The van der Waals surface area contributed by atoms with Crippen molar-refractivity contribution in [3.63, 3.8) is 0 Å². The molecule has 2 aliphatic heterocycles. The van der Waals surface area contributed by atoms with Crippen LogP contribution in [0.1, 0.15) is 12.8 Å². The number of nitrogens with zero attached hydrogens (tertiary/aromatic N) is 3. The molecule has 6 heteroatoms. The van der Waals surface area contributed by atoms with Crippen molar-refractivity contribution in [3.8, 4) is 0 Å². The van der Waals surface area contributed by atoms with Gasteiger partial charge in [-0.2, -0.15) is 0 Å². The lowest BCUT2D eigenvalue weighted by atomic mass is 10.3. The zero-order chi connectivity index (χ0) is 12.1. The molecular formula is C11H21N5S. The Labute approximate surface area is 108 Å². The quantitative estimate of drug-likeness (QED) is 0.687. The molecule has 0 bridgehead atoms. The number of hydrogen-bond acceptors (Lipinski definition) is 4. The minimum atomic E-state index is 0.878. The highest BCUT2D eigenvalue weighted by Gasteiger charge is 2.15. The molecule has 2 aliphatic rings. The first-order valence-electron chi connectivity index (χ1n) is 6.29. The third-order valence-corrected chi connectivity index (χ3v) is 3.54. The maximum absolute atomic E-state index is 5.20. The van der Waals surface area contributed by atoms with E-state index in [1.165, 1.54) is 12.8 Å². The second-order valence-electron chi connectivity index (χ2n) is 4.48. The lowest BCUT2D eigenvalue weighted by Gasteiger charge is -2.22. The van der Waals surface area contributed by atoms with Gasteiger partial charge >= 0.3 is 0 Å². The standard InChI is InChI=1S/C11H21N5S/c1-15-7-3-2-4-12-10(15)13-5-8-16-9-6-14-11(16)17/h2-9H2,1H3,(H,12,13)(H,14,17). The van der Waals surface area contributed by atoms with Crippen LogP contribution in [-0.4, -0.2) is 67.2 Å². The Balaban J connectivity index is 1.73. The van der Waals surface area contributed by atoms with E-state index in [0.717, 1.165) is 50.3 Å². The summed E-state index contributed by atoms with van der Waals surface area (Å²) in [4.78, 5) is 8.95. The molecule has 0 unspecified atom stereocenters. The third-order valence-electron chi connectivity index (χ3n) is 3.13. The van der Waals surface area contributed by atoms with E-state index < -0.39 is 0 Å². The topological polar surface area (TPSA) is 42.9 Å². The van der Waals surface area contributed by atoms with Crippen molar-refractivity contribution in [1.29, 1.82) is 0 Å². The van der Waals surface area contributed by atoms with Crippen LogP contribution in [0.5, 0.6) is 0 Å². The summed E-state index contributed by atoms with van der Waals surface area (Å²) < 4.78 is 0. The minimum Gasteiger partial charge on any atom is -0.361 e. The maximum atomic E-state index is 5.20. The highest BCUT2D eigenvalue weighted by molar-refractivity contribution is 7.80. The SMILES string of the molecule is CN1CCCCN=C1NCCN1CCNC1=S. The fourth-order valence-corrected chi connectivity index (χ4v) is 2.37. The number of hydrogen-bond donors (Lipinski definition) is 2. The first-order chi connectivity index (χ1) is 8.27. The second kappa shape index (κ2) is 6.05. The molecule has 0 aromatic heterocycles. The van der Waals surface area contributed by atoms with Crippen molar-refractivity contribution in [3.05, 3.63) is 0 Å². The summed E-state index contributed by atoms with van der Waals surface area (Å²) in [5, 5.41) is 7.45. The molecule has 0 saturated carbocycles. The van der Waals surface area contributed by atoms with E-state index in [1.54, 1.807) is 0 Å². The molecule has 0 aliphatic carbocycles. The van der Waals surface area contributed by atoms with Gasteiger partial charge < -0.3 is 20.4 Å². The molecule has 96 valence electrons. The van der Waals surface area contributed by atoms with Crippen LogP contribution in [0.25, 0.3) is 0 Å². The fraction of sp³-hybridized carbons (Fsp3) is 0.818. The largest absolute Gasteiger partial charge is 0.361 e. The van der Waals surface area contributed by atoms with Crippen LogP contribution in [0.15, 0.2) is 4.99 Å². The number of nitrogens with one attached hydrogen (secondary N) is 2. The van der Waals surface area contributed by atoms with Crippen LogP contribution in [-0.2, 0) is 0 Å². The number of aliphatic imine (C=N–C) groups is 1. The molecule has 0 radical (unpaired) electrons. The van der Waals surface area contributed by atoms with Crippen molar-refractivity contribution in [1.82, 2.24) is 20.4 Å². The van der Waals surface area contributed by atoms with Crippen molar-refractivity contribution in [2.75, 3.05) is 46.3 Å². The highest BCUT2D eigenvalue weighted by atomic mass is 32.1. The molecule has 2 heterocycles. The first-order valence-corrected chi connectivity index (χ1v) is 6.70. The van der Waals surface area contributed by atoms with Gasteiger partial charge in [0.1, 0.15) is 0 Å². The Kier molecular flexibility index (Phi) is 4.42. The molecule has 5 nitrogen and oxygen atoms in total. The monoisotopic (exact) mass is 255 g/mol. The van der Waals surface area contributed by atoms with Crippen LogP contribution in [0.4, 0.5) is 0 Å². The average molecular weight is 255 g/mol. The third kappa shape index (κ3) is 3.46. The van der Waals surface area contributed by atoms with Crippen molar-refractivity contribution < 1.29 is 0 Å². The Morgan fingerprint density at radius 2 is 2.29 bits per heavy atom. The van der Waals surface area contributed by atoms with Crippen molar-refractivity contribution in [2.24, 2.45) is 4.99 Å². The number of rotatable bonds is 3. The Bertz CT molecular complexity index is 304. The Morgan fingerprint density at radius 1 is 1.41 bits per heavy atom. The number of thiocarbonyl (C=S) groups is 1. The van der Waals surface area contributed by atoms with Gasteiger partial charge in [-0.25, -0.2) is 0 Å². The van der Waals surface area contributed by atoms with Gasteiger partial charge in [0.05, 0.1) is 0 Å². The van der Waals surface area contributed by atoms with E-state index in [-0.39, 0.29) is 0 Å². The van der Waals surface area contributed by atoms with E-state index in [0.29, 0.717) is 0 Å². The lowest BCUT2D eigenvalue weighted by molar-refractivity contribution is 0.448. The highest BCUT2D eigenvalue weighted by Crippen LogP contribution is 2.00. The first kappa shape index (κ1) is 12.4.